The van der Waals surface area contributed by atoms with E-state index >= 15 is 0 Å². The SMILES string of the molecule is CNC1CCN(CCc2ncno2)C1=O. The lowest BCUT2D eigenvalue weighted by Crippen LogP contribution is -2.37. The van der Waals surface area contributed by atoms with E-state index in [0.29, 0.717) is 18.9 Å². The summed E-state index contributed by atoms with van der Waals surface area (Å²) in [6.07, 6.45) is 2.87. The van der Waals surface area contributed by atoms with Gasteiger partial charge in [-0.05, 0) is 13.5 Å². The van der Waals surface area contributed by atoms with Gasteiger partial charge in [-0.2, -0.15) is 4.98 Å². The number of carbonyl (C=O) groups is 1. The minimum Gasteiger partial charge on any atom is -0.341 e. The van der Waals surface area contributed by atoms with Gasteiger partial charge < -0.3 is 14.7 Å². The topological polar surface area (TPSA) is 71.3 Å². The lowest BCUT2D eigenvalue weighted by molar-refractivity contribution is -0.129. The minimum absolute atomic E-state index is 0.0207. The van der Waals surface area contributed by atoms with E-state index in [1.807, 2.05) is 11.9 Å². The molecule has 6 nitrogen and oxygen atoms in total. The first kappa shape index (κ1) is 10.1. The summed E-state index contributed by atoms with van der Waals surface area (Å²) in [6.45, 7) is 1.46. The third-order valence-electron chi connectivity index (χ3n) is 2.65. The highest BCUT2D eigenvalue weighted by molar-refractivity contribution is 5.83. The molecule has 0 aliphatic carbocycles. The molecule has 1 atom stereocenters. The van der Waals surface area contributed by atoms with Crippen molar-refractivity contribution in [2.45, 2.75) is 18.9 Å². The number of hydrogen-bond acceptors (Lipinski definition) is 5. The standard InChI is InChI=1S/C9H14N4O2/c1-10-7-2-4-13(9(7)14)5-3-8-11-6-12-15-8/h6-7,10H,2-5H2,1H3. The Morgan fingerprint density at radius 2 is 2.60 bits per heavy atom. The second-order valence-corrected chi connectivity index (χ2v) is 3.54. The molecule has 1 N–H and O–H groups in total. The average molecular weight is 210 g/mol. The van der Waals surface area contributed by atoms with Gasteiger partial charge in [-0.1, -0.05) is 5.16 Å². The summed E-state index contributed by atoms with van der Waals surface area (Å²) < 4.78 is 4.87. The fourth-order valence-corrected chi connectivity index (χ4v) is 1.77. The third kappa shape index (κ3) is 2.15. The average Bonchev–Trinajstić information content (AvgIpc) is 2.85. The Morgan fingerprint density at radius 3 is 3.20 bits per heavy atom. The summed E-state index contributed by atoms with van der Waals surface area (Å²) >= 11 is 0. The van der Waals surface area contributed by atoms with E-state index < -0.39 is 0 Å². The van der Waals surface area contributed by atoms with E-state index in [-0.39, 0.29) is 11.9 Å². The molecule has 1 saturated heterocycles. The Balaban J connectivity index is 1.84. The molecule has 1 aromatic heterocycles. The summed E-state index contributed by atoms with van der Waals surface area (Å²) in [4.78, 5) is 17.4. The highest BCUT2D eigenvalue weighted by Gasteiger charge is 2.29. The fourth-order valence-electron chi connectivity index (χ4n) is 1.77. The maximum atomic E-state index is 11.7. The number of amides is 1. The van der Waals surface area contributed by atoms with Gasteiger partial charge in [0.05, 0.1) is 6.04 Å². The van der Waals surface area contributed by atoms with Gasteiger partial charge in [-0.15, -0.1) is 0 Å². The largest absolute Gasteiger partial charge is 0.341 e. The molecular weight excluding hydrogens is 196 g/mol. The summed E-state index contributed by atoms with van der Waals surface area (Å²) in [6, 6.07) is -0.0207. The first-order valence-corrected chi connectivity index (χ1v) is 5.03. The van der Waals surface area contributed by atoms with Gasteiger partial charge in [0, 0.05) is 19.5 Å². The van der Waals surface area contributed by atoms with E-state index in [9.17, 15) is 4.79 Å². The monoisotopic (exact) mass is 210 g/mol. The van der Waals surface area contributed by atoms with Gasteiger partial charge in [-0.25, -0.2) is 0 Å². The summed E-state index contributed by atoms with van der Waals surface area (Å²) in [5.74, 6) is 0.743. The lowest BCUT2D eigenvalue weighted by atomic mass is 10.3. The Hall–Kier alpha value is -1.43. The van der Waals surface area contributed by atoms with Crippen LogP contribution in [0.2, 0.25) is 0 Å². The molecule has 1 aromatic rings. The van der Waals surface area contributed by atoms with Crippen LogP contribution < -0.4 is 5.32 Å². The Labute approximate surface area is 87.6 Å². The van der Waals surface area contributed by atoms with Crippen LogP contribution in [0, 0.1) is 0 Å². The Bertz CT molecular complexity index is 325. The smallest absolute Gasteiger partial charge is 0.239 e. The first-order chi connectivity index (χ1) is 7.31. The van der Waals surface area contributed by atoms with Crippen molar-refractivity contribution in [3.8, 4) is 0 Å². The number of rotatable bonds is 4. The Morgan fingerprint density at radius 1 is 1.73 bits per heavy atom. The second-order valence-electron chi connectivity index (χ2n) is 3.54. The predicted molar refractivity (Wildman–Crippen MR) is 52.0 cm³/mol. The van der Waals surface area contributed by atoms with E-state index in [1.54, 1.807) is 0 Å². The maximum Gasteiger partial charge on any atom is 0.239 e. The molecule has 15 heavy (non-hydrogen) atoms. The number of nitrogens with one attached hydrogen (secondary N) is 1. The number of hydrogen-bond donors (Lipinski definition) is 1. The molecule has 0 bridgehead atoms. The van der Waals surface area contributed by atoms with Gasteiger partial charge in [0.2, 0.25) is 11.8 Å². The molecule has 1 fully saturated rings. The van der Waals surface area contributed by atoms with E-state index in [2.05, 4.69) is 15.5 Å². The van der Waals surface area contributed by atoms with Crippen LogP contribution in [0.4, 0.5) is 0 Å². The zero-order valence-corrected chi connectivity index (χ0v) is 8.64. The highest BCUT2D eigenvalue weighted by atomic mass is 16.5. The third-order valence-corrected chi connectivity index (χ3v) is 2.65. The van der Waals surface area contributed by atoms with Crippen LogP contribution in [0.5, 0.6) is 0 Å². The van der Waals surface area contributed by atoms with E-state index in [4.69, 9.17) is 4.52 Å². The predicted octanol–water partition coefficient (Wildman–Crippen LogP) is -0.568. The molecule has 1 amide bonds. The Kier molecular flexibility index (Phi) is 2.96. The zero-order valence-electron chi connectivity index (χ0n) is 8.64. The number of carbonyl (C=O) groups excluding carboxylic acids is 1. The van der Waals surface area contributed by atoms with Gasteiger partial charge in [-0.3, -0.25) is 4.79 Å². The minimum atomic E-state index is -0.0207. The highest BCUT2D eigenvalue weighted by Crippen LogP contribution is 2.11. The molecular formula is C9H14N4O2. The molecule has 0 aromatic carbocycles. The van der Waals surface area contributed by atoms with Crippen molar-refractivity contribution in [1.29, 1.82) is 0 Å². The van der Waals surface area contributed by atoms with Crippen LogP contribution >= 0.6 is 0 Å². The second kappa shape index (κ2) is 4.39. The molecule has 1 unspecified atom stereocenters. The summed E-state index contributed by atoms with van der Waals surface area (Å²) in [5.41, 5.74) is 0. The van der Waals surface area contributed by atoms with Crippen LogP contribution in [0.3, 0.4) is 0 Å². The van der Waals surface area contributed by atoms with Crippen molar-refractivity contribution < 1.29 is 9.32 Å². The molecule has 0 spiro atoms. The van der Waals surface area contributed by atoms with Gasteiger partial charge >= 0.3 is 0 Å². The van der Waals surface area contributed by atoms with Crippen molar-refractivity contribution in [2.24, 2.45) is 0 Å². The van der Waals surface area contributed by atoms with Crippen LogP contribution in [0.15, 0.2) is 10.9 Å². The molecule has 1 aliphatic rings. The molecule has 0 saturated carbocycles. The van der Waals surface area contributed by atoms with Crippen LogP contribution in [0.25, 0.3) is 0 Å². The molecule has 82 valence electrons. The fraction of sp³-hybridized carbons (Fsp3) is 0.667. The van der Waals surface area contributed by atoms with E-state index in [0.717, 1.165) is 13.0 Å². The molecule has 2 heterocycles. The van der Waals surface area contributed by atoms with Crippen molar-refractivity contribution in [3.63, 3.8) is 0 Å². The summed E-state index contributed by atoms with van der Waals surface area (Å²) in [5, 5.41) is 6.51. The number of nitrogens with zero attached hydrogens (tertiary/aromatic N) is 3. The van der Waals surface area contributed by atoms with Crippen molar-refractivity contribution in [2.75, 3.05) is 20.1 Å². The van der Waals surface area contributed by atoms with Gasteiger partial charge in [0.1, 0.15) is 0 Å². The van der Waals surface area contributed by atoms with Crippen LogP contribution in [-0.4, -0.2) is 47.1 Å². The lowest BCUT2D eigenvalue weighted by Gasteiger charge is -2.14. The quantitative estimate of drug-likeness (QED) is 0.720. The number of aromatic nitrogens is 2. The van der Waals surface area contributed by atoms with E-state index in [1.165, 1.54) is 6.33 Å². The number of likely N-dealkylation sites (tertiary alicyclic amines) is 1. The molecule has 1 aliphatic heterocycles. The normalized spacial score (nSPS) is 21.3. The van der Waals surface area contributed by atoms with Crippen molar-refractivity contribution in [3.05, 3.63) is 12.2 Å². The summed E-state index contributed by atoms with van der Waals surface area (Å²) in [7, 11) is 1.81. The molecule has 6 heteroatoms. The van der Waals surface area contributed by atoms with Crippen molar-refractivity contribution in [1.82, 2.24) is 20.4 Å². The van der Waals surface area contributed by atoms with Crippen LogP contribution in [0.1, 0.15) is 12.3 Å². The van der Waals surface area contributed by atoms with Gasteiger partial charge in [0.15, 0.2) is 6.33 Å². The van der Waals surface area contributed by atoms with Crippen molar-refractivity contribution >= 4 is 5.91 Å². The number of likely N-dealkylation sites (N-methyl/N-ethyl adjacent to an activating group) is 1. The van der Waals surface area contributed by atoms with Gasteiger partial charge in [0.25, 0.3) is 0 Å². The zero-order chi connectivity index (χ0) is 10.7. The molecule has 2 rings (SSSR count). The molecule has 0 radical (unpaired) electrons. The first-order valence-electron chi connectivity index (χ1n) is 5.03. The maximum absolute atomic E-state index is 11.7. The van der Waals surface area contributed by atoms with Crippen LogP contribution in [-0.2, 0) is 11.2 Å².